The highest BCUT2D eigenvalue weighted by Gasteiger charge is 2.19. The van der Waals surface area contributed by atoms with E-state index in [2.05, 4.69) is 5.32 Å². The van der Waals surface area contributed by atoms with Gasteiger partial charge in [0.15, 0.2) is 0 Å². The Morgan fingerprint density at radius 1 is 1.29 bits per heavy atom. The fraction of sp³-hybridized carbons (Fsp3) is 0.222. The number of anilines is 1. The molecule has 24 heavy (non-hydrogen) atoms. The molecule has 0 atom stereocenters. The van der Waals surface area contributed by atoms with Gasteiger partial charge in [-0.05, 0) is 35.9 Å². The average molecular weight is 342 g/mol. The molecule has 124 valence electrons. The lowest BCUT2D eigenvalue weighted by Crippen LogP contribution is -2.26. The van der Waals surface area contributed by atoms with Crippen LogP contribution in [0.2, 0.25) is 0 Å². The molecule has 1 N–H and O–H groups in total. The molecule has 0 radical (unpaired) electrons. The first kappa shape index (κ1) is 16.4. The van der Waals surface area contributed by atoms with Crippen LogP contribution in [-0.4, -0.2) is 36.6 Å². The number of carbonyl (C=O) groups is 2. The normalized spacial score (nSPS) is 13.0. The third-order valence-electron chi connectivity index (χ3n) is 3.76. The molecular formula is C18H18N2O3S. The number of amides is 2. The second-order valence-electron chi connectivity index (χ2n) is 5.56. The van der Waals surface area contributed by atoms with E-state index >= 15 is 0 Å². The van der Waals surface area contributed by atoms with Crippen LogP contribution in [0.1, 0.15) is 15.9 Å². The van der Waals surface area contributed by atoms with Gasteiger partial charge in [-0.2, -0.15) is 0 Å². The van der Waals surface area contributed by atoms with Crippen LogP contribution in [0.25, 0.3) is 0 Å². The quantitative estimate of drug-likeness (QED) is 0.928. The van der Waals surface area contributed by atoms with Crippen LogP contribution in [0.15, 0.2) is 47.4 Å². The van der Waals surface area contributed by atoms with E-state index in [0.717, 1.165) is 16.2 Å². The molecule has 2 aromatic rings. The first-order chi connectivity index (χ1) is 11.6. The predicted octanol–water partition coefficient (Wildman–Crippen LogP) is 3.01. The maximum Gasteiger partial charge on any atom is 0.253 e. The van der Waals surface area contributed by atoms with Crippen molar-refractivity contribution in [1.82, 2.24) is 4.90 Å². The molecule has 0 aliphatic carbocycles. The first-order valence-corrected chi connectivity index (χ1v) is 8.50. The Labute approximate surface area is 145 Å². The zero-order valence-corrected chi connectivity index (χ0v) is 14.4. The number of thioether (sulfide) groups is 1. The summed E-state index contributed by atoms with van der Waals surface area (Å²) in [5, 5.41) is 2.81. The molecule has 6 heteroatoms. The number of benzene rings is 2. The maximum atomic E-state index is 12.6. The summed E-state index contributed by atoms with van der Waals surface area (Å²) in [5.41, 5.74) is 2.26. The second-order valence-corrected chi connectivity index (χ2v) is 6.58. The highest BCUT2D eigenvalue weighted by molar-refractivity contribution is 8.00. The highest BCUT2D eigenvalue weighted by Crippen LogP contribution is 2.32. The number of methoxy groups -OCH3 is 1. The van der Waals surface area contributed by atoms with E-state index < -0.39 is 0 Å². The molecule has 0 fully saturated rings. The third kappa shape index (κ3) is 3.54. The summed E-state index contributed by atoms with van der Waals surface area (Å²) in [7, 11) is 3.38. The smallest absolute Gasteiger partial charge is 0.253 e. The number of nitrogens with zero attached hydrogens (tertiary/aromatic N) is 1. The Balaban J connectivity index is 1.75. The zero-order chi connectivity index (χ0) is 17.1. The van der Waals surface area contributed by atoms with E-state index in [1.807, 2.05) is 30.3 Å². The fourth-order valence-electron chi connectivity index (χ4n) is 2.55. The van der Waals surface area contributed by atoms with Gasteiger partial charge >= 0.3 is 0 Å². The summed E-state index contributed by atoms with van der Waals surface area (Å²) in [6, 6.07) is 13.1. The minimum Gasteiger partial charge on any atom is -0.497 e. The summed E-state index contributed by atoms with van der Waals surface area (Å²) in [4.78, 5) is 26.8. The number of rotatable bonds is 4. The number of ether oxygens (including phenoxy) is 1. The Bertz CT molecular complexity index is 792. The van der Waals surface area contributed by atoms with Gasteiger partial charge in [-0.3, -0.25) is 9.59 Å². The summed E-state index contributed by atoms with van der Waals surface area (Å²) >= 11 is 1.48. The number of hydrogen-bond donors (Lipinski definition) is 1. The van der Waals surface area contributed by atoms with E-state index in [0.29, 0.717) is 23.5 Å². The Morgan fingerprint density at radius 3 is 2.92 bits per heavy atom. The van der Waals surface area contributed by atoms with Crippen LogP contribution in [-0.2, 0) is 11.3 Å². The summed E-state index contributed by atoms with van der Waals surface area (Å²) in [6.45, 7) is 0.480. The van der Waals surface area contributed by atoms with Gasteiger partial charge in [-0.15, -0.1) is 11.8 Å². The van der Waals surface area contributed by atoms with Gasteiger partial charge in [0.2, 0.25) is 5.91 Å². The van der Waals surface area contributed by atoms with Crippen LogP contribution in [0.5, 0.6) is 5.75 Å². The molecule has 0 saturated heterocycles. The third-order valence-corrected chi connectivity index (χ3v) is 4.83. The zero-order valence-electron chi connectivity index (χ0n) is 13.5. The van der Waals surface area contributed by atoms with Crippen molar-refractivity contribution >= 4 is 29.3 Å². The summed E-state index contributed by atoms with van der Waals surface area (Å²) in [5.74, 6) is 1.05. The van der Waals surface area contributed by atoms with E-state index in [-0.39, 0.29) is 11.8 Å². The molecule has 1 aliphatic rings. The molecule has 0 spiro atoms. The van der Waals surface area contributed by atoms with Crippen molar-refractivity contribution in [2.45, 2.75) is 11.4 Å². The van der Waals surface area contributed by atoms with Gasteiger partial charge in [0.1, 0.15) is 5.75 Å². The maximum absolute atomic E-state index is 12.6. The standard InChI is InChI=1S/C18H18N2O3S/c1-20(10-12-4-3-5-14(8-12)23-2)18(22)13-6-7-16-15(9-13)19-17(21)11-24-16/h3-9H,10-11H2,1-2H3,(H,19,21). The van der Waals surface area contributed by atoms with E-state index in [9.17, 15) is 9.59 Å². The Hall–Kier alpha value is -2.47. The summed E-state index contributed by atoms with van der Waals surface area (Å²) in [6.07, 6.45) is 0. The van der Waals surface area contributed by atoms with Crippen LogP contribution in [0.4, 0.5) is 5.69 Å². The second kappa shape index (κ2) is 6.97. The number of fused-ring (bicyclic) bond motifs is 1. The minimum atomic E-state index is -0.0922. The van der Waals surface area contributed by atoms with Gasteiger partial charge in [-0.25, -0.2) is 0 Å². The van der Waals surface area contributed by atoms with Crippen molar-refractivity contribution in [3.05, 3.63) is 53.6 Å². The molecule has 0 aromatic heterocycles. The lowest BCUT2D eigenvalue weighted by atomic mass is 10.1. The van der Waals surface area contributed by atoms with Crippen molar-refractivity contribution in [3.63, 3.8) is 0 Å². The molecule has 0 unspecified atom stereocenters. The Morgan fingerprint density at radius 2 is 2.12 bits per heavy atom. The molecule has 3 rings (SSSR count). The van der Waals surface area contributed by atoms with Crippen LogP contribution >= 0.6 is 11.8 Å². The van der Waals surface area contributed by atoms with Gasteiger partial charge in [0.25, 0.3) is 5.91 Å². The molecule has 5 nitrogen and oxygen atoms in total. The van der Waals surface area contributed by atoms with Crippen molar-refractivity contribution in [2.24, 2.45) is 0 Å². The molecule has 1 aliphatic heterocycles. The van der Waals surface area contributed by atoms with Crippen molar-refractivity contribution in [2.75, 3.05) is 25.2 Å². The molecular weight excluding hydrogens is 324 g/mol. The van der Waals surface area contributed by atoms with Crippen molar-refractivity contribution in [3.8, 4) is 5.75 Å². The average Bonchev–Trinajstić information content (AvgIpc) is 2.60. The van der Waals surface area contributed by atoms with Crippen LogP contribution in [0, 0.1) is 0 Å². The van der Waals surface area contributed by atoms with Crippen LogP contribution in [0.3, 0.4) is 0 Å². The molecule has 2 amide bonds. The molecule has 0 bridgehead atoms. The van der Waals surface area contributed by atoms with Crippen LogP contribution < -0.4 is 10.1 Å². The van der Waals surface area contributed by atoms with Gasteiger partial charge in [0.05, 0.1) is 18.6 Å². The topological polar surface area (TPSA) is 58.6 Å². The van der Waals surface area contributed by atoms with Crippen molar-refractivity contribution < 1.29 is 14.3 Å². The van der Waals surface area contributed by atoms with E-state index in [1.54, 1.807) is 31.2 Å². The lowest BCUT2D eigenvalue weighted by molar-refractivity contribution is -0.113. The van der Waals surface area contributed by atoms with Gasteiger partial charge in [0, 0.05) is 24.1 Å². The van der Waals surface area contributed by atoms with Gasteiger partial charge in [-0.1, -0.05) is 12.1 Å². The predicted molar refractivity (Wildman–Crippen MR) is 94.6 cm³/mol. The van der Waals surface area contributed by atoms with Gasteiger partial charge < -0.3 is 15.0 Å². The SMILES string of the molecule is COc1cccc(CN(C)C(=O)c2ccc3c(c2)NC(=O)CS3)c1. The molecule has 2 aromatic carbocycles. The van der Waals surface area contributed by atoms with E-state index in [4.69, 9.17) is 4.74 Å². The monoisotopic (exact) mass is 342 g/mol. The Kier molecular flexibility index (Phi) is 4.76. The van der Waals surface area contributed by atoms with Crippen molar-refractivity contribution in [1.29, 1.82) is 0 Å². The molecule has 1 heterocycles. The fourth-order valence-corrected chi connectivity index (χ4v) is 3.34. The number of carbonyl (C=O) groups excluding carboxylic acids is 2. The lowest BCUT2D eigenvalue weighted by Gasteiger charge is -2.20. The molecule has 0 saturated carbocycles. The summed E-state index contributed by atoms with van der Waals surface area (Å²) < 4.78 is 5.21. The van der Waals surface area contributed by atoms with E-state index in [1.165, 1.54) is 11.8 Å². The largest absolute Gasteiger partial charge is 0.497 e. The number of hydrogen-bond acceptors (Lipinski definition) is 4. The first-order valence-electron chi connectivity index (χ1n) is 7.52. The highest BCUT2D eigenvalue weighted by atomic mass is 32.2. The number of nitrogens with one attached hydrogen (secondary N) is 1. The minimum absolute atomic E-state index is 0.0400.